The number of nitrogens with zero attached hydrogens (tertiary/aromatic N) is 2. The summed E-state index contributed by atoms with van der Waals surface area (Å²) in [6, 6.07) is 7.98. The maximum Gasteiger partial charge on any atom is 0.290 e. The Labute approximate surface area is 191 Å². The van der Waals surface area contributed by atoms with Crippen LogP contribution < -0.4 is 0 Å². The number of likely N-dealkylation sites (N-methyl/N-ethyl adjacent to an activating group) is 1. The van der Waals surface area contributed by atoms with E-state index in [9.17, 15) is 9.59 Å². The van der Waals surface area contributed by atoms with Crippen LogP contribution in [-0.2, 0) is 24.5 Å². The number of fused-ring (bicyclic) bond motifs is 1. The van der Waals surface area contributed by atoms with Crippen LogP contribution in [0.15, 0.2) is 35.6 Å². The van der Waals surface area contributed by atoms with Crippen molar-refractivity contribution in [3.8, 4) is 0 Å². The van der Waals surface area contributed by atoms with E-state index in [2.05, 4.69) is 49.9 Å². The number of methoxy groups -OCH3 is 1. The normalized spacial score (nSPS) is 28.2. The highest BCUT2D eigenvalue weighted by Gasteiger charge is 2.52. The van der Waals surface area contributed by atoms with E-state index in [0.29, 0.717) is 18.5 Å². The van der Waals surface area contributed by atoms with Crippen LogP contribution in [0.3, 0.4) is 0 Å². The third-order valence-corrected chi connectivity index (χ3v) is 7.11. The van der Waals surface area contributed by atoms with Gasteiger partial charge in [-0.25, -0.2) is 0 Å². The second-order valence-electron chi connectivity index (χ2n) is 10.6. The Morgan fingerprint density at radius 1 is 1.12 bits per heavy atom. The van der Waals surface area contributed by atoms with Crippen LogP contribution in [0.5, 0.6) is 0 Å². The smallest absolute Gasteiger partial charge is 0.290 e. The second kappa shape index (κ2) is 8.64. The molecule has 1 aromatic carbocycles. The minimum absolute atomic E-state index is 0.0377. The van der Waals surface area contributed by atoms with Gasteiger partial charge in [-0.3, -0.25) is 9.59 Å². The van der Waals surface area contributed by atoms with Crippen molar-refractivity contribution in [2.45, 2.75) is 63.7 Å². The van der Waals surface area contributed by atoms with Gasteiger partial charge in [-0.15, -0.1) is 0 Å². The van der Waals surface area contributed by atoms with E-state index in [1.165, 1.54) is 5.56 Å². The molecule has 4 atom stereocenters. The van der Waals surface area contributed by atoms with Gasteiger partial charge in [0.1, 0.15) is 6.10 Å². The van der Waals surface area contributed by atoms with E-state index in [4.69, 9.17) is 9.47 Å². The molecule has 32 heavy (non-hydrogen) atoms. The summed E-state index contributed by atoms with van der Waals surface area (Å²) in [6.07, 6.45) is 2.04. The number of Topliss-reactive ketones (excluding diaryl/α,β-unsaturated/α-hetero) is 1. The van der Waals surface area contributed by atoms with Crippen LogP contribution in [0.1, 0.15) is 57.2 Å². The third kappa shape index (κ3) is 4.11. The van der Waals surface area contributed by atoms with Crippen molar-refractivity contribution < 1.29 is 19.1 Å². The lowest BCUT2D eigenvalue weighted by Gasteiger charge is -2.38. The molecule has 1 aromatic rings. The first-order valence-electron chi connectivity index (χ1n) is 11.7. The number of amides is 1. The number of hydrogen-bond acceptors (Lipinski definition) is 5. The lowest BCUT2D eigenvalue weighted by Crippen LogP contribution is -2.43. The summed E-state index contributed by atoms with van der Waals surface area (Å²) in [5, 5.41) is 0. The van der Waals surface area contributed by atoms with E-state index >= 15 is 0 Å². The average Bonchev–Trinajstić information content (AvgIpc) is 3.03. The fraction of sp³-hybridized carbons (Fsp3) is 0.615. The molecule has 0 bridgehead atoms. The first kappa shape index (κ1) is 23.0. The molecule has 0 spiro atoms. The molecule has 0 N–H and O–H groups in total. The Balaban J connectivity index is 1.72. The maximum atomic E-state index is 13.7. The van der Waals surface area contributed by atoms with Crippen LogP contribution in [-0.4, -0.2) is 68.0 Å². The fourth-order valence-corrected chi connectivity index (χ4v) is 5.14. The van der Waals surface area contributed by atoms with Crippen molar-refractivity contribution in [2.75, 3.05) is 34.3 Å². The number of benzene rings is 1. The van der Waals surface area contributed by atoms with Gasteiger partial charge in [-0.05, 0) is 43.5 Å². The number of ether oxygens (including phenoxy) is 2. The van der Waals surface area contributed by atoms with Gasteiger partial charge in [0, 0.05) is 26.6 Å². The standard InChI is InChI=1S/C26H36N2O4/c1-26(2,3)17-9-7-16(8-10-17)22-21-23(29)19-12-11-18(31-6)15-20(19)32-24(21)25(30)28(22)14-13-27(4)5/h7-10,18-20,22H,11-15H2,1-6H3. The zero-order valence-corrected chi connectivity index (χ0v) is 20.2. The minimum atomic E-state index is -0.389. The molecule has 2 aliphatic heterocycles. The number of hydrogen-bond donors (Lipinski definition) is 0. The van der Waals surface area contributed by atoms with Crippen LogP contribution in [0.25, 0.3) is 0 Å². The predicted octanol–water partition coefficient (Wildman–Crippen LogP) is 3.47. The first-order chi connectivity index (χ1) is 15.1. The number of carbonyl (C=O) groups is 2. The van der Waals surface area contributed by atoms with Crippen molar-refractivity contribution in [3.05, 3.63) is 46.7 Å². The lowest BCUT2D eigenvalue weighted by molar-refractivity contribution is -0.138. The summed E-state index contributed by atoms with van der Waals surface area (Å²) < 4.78 is 11.8. The lowest BCUT2D eigenvalue weighted by atomic mass is 9.76. The molecule has 1 aliphatic carbocycles. The maximum absolute atomic E-state index is 13.7. The average molecular weight is 441 g/mol. The van der Waals surface area contributed by atoms with E-state index in [0.717, 1.165) is 24.9 Å². The highest BCUT2D eigenvalue weighted by molar-refractivity contribution is 6.11. The van der Waals surface area contributed by atoms with Crippen LogP contribution in [0, 0.1) is 5.92 Å². The quantitative estimate of drug-likeness (QED) is 0.702. The van der Waals surface area contributed by atoms with Gasteiger partial charge in [0.2, 0.25) is 0 Å². The van der Waals surface area contributed by atoms with E-state index in [-0.39, 0.29) is 47.0 Å². The molecule has 0 aromatic heterocycles. The second-order valence-corrected chi connectivity index (χ2v) is 10.6. The summed E-state index contributed by atoms with van der Waals surface area (Å²) in [6.45, 7) is 7.80. The molecule has 1 saturated carbocycles. The molecule has 6 heteroatoms. The molecule has 0 saturated heterocycles. The molecule has 6 nitrogen and oxygen atoms in total. The first-order valence-corrected chi connectivity index (χ1v) is 11.7. The Bertz CT molecular complexity index is 913. The van der Waals surface area contributed by atoms with Crippen molar-refractivity contribution in [1.82, 2.24) is 9.80 Å². The summed E-state index contributed by atoms with van der Waals surface area (Å²) in [4.78, 5) is 31.1. The van der Waals surface area contributed by atoms with Gasteiger partial charge in [0.25, 0.3) is 5.91 Å². The van der Waals surface area contributed by atoms with E-state index in [1.807, 2.05) is 19.0 Å². The molecular weight excluding hydrogens is 404 g/mol. The minimum Gasteiger partial charge on any atom is -0.483 e. The molecule has 4 rings (SSSR count). The number of rotatable bonds is 5. The monoisotopic (exact) mass is 440 g/mol. The Morgan fingerprint density at radius 2 is 1.81 bits per heavy atom. The van der Waals surface area contributed by atoms with Gasteiger partial charge < -0.3 is 19.3 Å². The van der Waals surface area contributed by atoms with Gasteiger partial charge >= 0.3 is 0 Å². The highest BCUT2D eigenvalue weighted by Crippen LogP contribution is 2.47. The molecule has 2 heterocycles. The zero-order valence-electron chi connectivity index (χ0n) is 20.2. The molecule has 174 valence electrons. The predicted molar refractivity (Wildman–Crippen MR) is 123 cm³/mol. The zero-order chi connectivity index (χ0) is 23.2. The molecule has 3 aliphatic rings. The number of ketones is 1. The molecule has 4 unspecified atom stereocenters. The van der Waals surface area contributed by atoms with Gasteiger partial charge in [-0.1, -0.05) is 45.0 Å². The summed E-state index contributed by atoms with van der Waals surface area (Å²) >= 11 is 0. The SMILES string of the molecule is COC1CCC2C(=O)C3=C(OC2C1)C(=O)N(CCN(C)C)C3c1ccc(C(C)(C)C)cc1. The highest BCUT2D eigenvalue weighted by atomic mass is 16.5. The topological polar surface area (TPSA) is 59.1 Å². The Kier molecular flexibility index (Phi) is 6.21. The van der Waals surface area contributed by atoms with Gasteiger partial charge in [-0.2, -0.15) is 0 Å². The van der Waals surface area contributed by atoms with Crippen LogP contribution in [0.2, 0.25) is 0 Å². The molecule has 0 radical (unpaired) electrons. The molecule has 1 amide bonds. The van der Waals surface area contributed by atoms with Crippen LogP contribution >= 0.6 is 0 Å². The summed E-state index contributed by atoms with van der Waals surface area (Å²) in [7, 11) is 5.67. The van der Waals surface area contributed by atoms with Crippen LogP contribution in [0.4, 0.5) is 0 Å². The fourth-order valence-electron chi connectivity index (χ4n) is 5.14. The Morgan fingerprint density at radius 3 is 2.41 bits per heavy atom. The molecule has 1 fully saturated rings. The number of carbonyl (C=O) groups excluding carboxylic acids is 2. The Hall–Kier alpha value is -2.18. The van der Waals surface area contributed by atoms with Crippen molar-refractivity contribution in [3.63, 3.8) is 0 Å². The third-order valence-electron chi connectivity index (χ3n) is 7.11. The molecular formula is C26H36N2O4. The van der Waals surface area contributed by atoms with E-state index in [1.54, 1.807) is 7.11 Å². The van der Waals surface area contributed by atoms with Crippen molar-refractivity contribution >= 4 is 11.7 Å². The van der Waals surface area contributed by atoms with Crippen molar-refractivity contribution in [2.24, 2.45) is 5.92 Å². The summed E-state index contributed by atoms with van der Waals surface area (Å²) in [5.41, 5.74) is 2.78. The largest absolute Gasteiger partial charge is 0.483 e. The summed E-state index contributed by atoms with van der Waals surface area (Å²) in [5.74, 6) is -0.0238. The van der Waals surface area contributed by atoms with Gasteiger partial charge in [0.15, 0.2) is 11.5 Å². The van der Waals surface area contributed by atoms with Crippen molar-refractivity contribution in [1.29, 1.82) is 0 Å². The van der Waals surface area contributed by atoms with Gasteiger partial charge in [0.05, 0.1) is 23.6 Å². The van der Waals surface area contributed by atoms with E-state index < -0.39 is 0 Å².